The molecule has 74 valence electrons. The van der Waals surface area contributed by atoms with Crippen LogP contribution in [0.2, 0.25) is 0 Å². The van der Waals surface area contributed by atoms with E-state index in [1.807, 2.05) is 31.3 Å². The molecule has 4 heteroatoms. The first-order valence-electron chi connectivity index (χ1n) is 4.07. The van der Waals surface area contributed by atoms with Crippen molar-refractivity contribution in [3.63, 3.8) is 0 Å². The van der Waals surface area contributed by atoms with Gasteiger partial charge in [0.15, 0.2) is 5.88 Å². The lowest BCUT2D eigenvalue weighted by Gasteiger charge is -2.01. The number of nitrogens with zero attached hydrogens (tertiary/aromatic N) is 2. The van der Waals surface area contributed by atoms with Gasteiger partial charge in [0, 0.05) is 18.5 Å². The predicted octanol–water partition coefficient (Wildman–Crippen LogP) is 2.31. The summed E-state index contributed by atoms with van der Waals surface area (Å²) in [6.45, 7) is 1.93. The number of hydrogen-bond donors (Lipinski definition) is 1. The summed E-state index contributed by atoms with van der Waals surface area (Å²) >= 11 is 0. The zero-order chi connectivity index (χ0) is 9.26. The number of aryl methyl sites for hydroxylation is 1. The fourth-order valence-corrected chi connectivity index (χ4v) is 1.26. The van der Waals surface area contributed by atoms with E-state index in [9.17, 15) is 5.11 Å². The third-order valence-electron chi connectivity index (χ3n) is 1.83. The summed E-state index contributed by atoms with van der Waals surface area (Å²) in [4.78, 5) is 4.13. The first-order chi connectivity index (χ1) is 6.27. The topological polar surface area (TPSA) is 38.0 Å². The Morgan fingerprint density at radius 3 is 2.64 bits per heavy atom. The second-order valence-electron chi connectivity index (χ2n) is 2.93. The minimum atomic E-state index is 0. The largest absolute Gasteiger partial charge is 0.494 e. The number of hydrogen-bond acceptors (Lipinski definition) is 2. The lowest BCUT2D eigenvalue weighted by molar-refractivity contribution is 0.441. The maximum atomic E-state index is 9.51. The van der Waals surface area contributed by atoms with Gasteiger partial charge < -0.3 is 5.11 Å². The standard InChI is InChI=1S/C10H10N2O.ClH/c1-8-6-10(13)12(7-8)9-4-2-3-5-11-9;/h2-7,13H,1H3;1H. The Morgan fingerprint density at radius 2 is 2.14 bits per heavy atom. The van der Waals surface area contributed by atoms with E-state index in [4.69, 9.17) is 0 Å². The predicted molar refractivity (Wildman–Crippen MR) is 57.2 cm³/mol. The van der Waals surface area contributed by atoms with E-state index in [1.54, 1.807) is 16.8 Å². The molecule has 14 heavy (non-hydrogen) atoms. The molecular weight excluding hydrogens is 200 g/mol. The van der Waals surface area contributed by atoms with Crippen molar-refractivity contribution in [3.8, 4) is 11.7 Å². The molecule has 3 nitrogen and oxygen atoms in total. The molecular formula is C10H11ClN2O. The van der Waals surface area contributed by atoms with Crippen molar-refractivity contribution in [1.82, 2.24) is 9.55 Å². The van der Waals surface area contributed by atoms with Crippen molar-refractivity contribution in [2.75, 3.05) is 0 Å². The summed E-state index contributed by atoms with van der Waals surface area (Å²) < 4.78 is 1.65. The molecule has 0 spiro atoms. The van der Waals surface area contributed by atoms with Gasteiger partial charge in [-0.1, -0.05) is 6.07 Å². The Kier molecular flexibility index (Phi) is 3.14. The van der Waals surface area contributed by atoms with Crippen molar-refractivity contribution in [2.45, 2.75) is 6.92 Å². The second-order valence-corrected chi connectivity index (χ2v) is 2.93. The maximum Gasteiger partial charge on any atom is 0.197 e. The number of aromatic hydroxyl groups is 1. The fraction of sp³-hybridized carbons (Fsp3) is 0.100. The average Bonchev–Trinajstić information content (AvgIpc) is 2.47. The molecule has 1 N–H and O–H groups in total. The third-order valence-corrected chi connectivity index (χ3v) is 1.83. The third kappa shape index (κ3) is 1.88. The smallest absolute Gasteiger partial charge is 0.197 e. The van der Waals surface area contributed by atoms with E-state index in [0.717, 1.165) is 11.4 Å². The Labute approximate surface area is 88.4 Å². The molecule has 0 aromatic carbocycles. The maximum absolute atomic E-state index is 9.51. The summed E-state index contributed by atoms with van der Waals surface area (Å²) in [7, 11) is 0. The SMILES string of the molecule is Cc1cc(O)n(-c2ccccn2)c1.Cl. The van der Waals surface area contributed by atoms with Gasteiger partial charge in [-0.2, -0.15) is 0 Å². The molecule has 0 bridgehead atoms. The molecule has 0 fully saturated rings. The molecule has 0 aliphatic rings. The number of halogens is 1. The van der Waals surface area contributed by atoms with Crippen LogP contribution in [-0.2, 0) is 0 Å². The highest BCUT2D eigenvalue weighted by Gasteiger charge is 2.03. The molecule has 0 radical (unpaired) electrons. The van der Waals surface area contributed by atoms with Crippen LogP contribution in [0.5, 0.6) is 5.88 Å². The van der Waals surface area contributed by atoms with Crippen LogP contribution in [0.4, 0.5) is 0 Å². The summed E-state index contributed by atoms with van der Waals surface area (Å²) in [5.41, 5.74) is 1.02. The highest BCUT2D eigenvalue weighted by atomic mass is 35.5. The molecule has 2 aromatic rings. The molecule has 0 amide bonds. The molecule has 0 saturated carbocycles. The van der Waals surface area contributed by atoms with Crippen LogP contribution in [-0.4, -0.2) is 14.7 Å². The van der Waals surface area contributed by atoms with Crippen molar-refractivity contribution in [1.29, 1.82) is 0 Å². The van der Waals surface area contributed by atoms with Gasteiger partial charge in [0.25, 0.3) is 0 Å². The van der Waals surface area contributed by atoms with Crippen molar-refractivity contribution in [3.05, 3.63) is 42.2 Å². The van der Waals surface area contributed by atoms with E-state index in [0.29, 0.717) is 0 Å². The minimum Gasteiger partial charge on any atom is -0.494 e. The summed E-state index contributed by atoms with van der Waals surface area (Å²) in [5, 5.41) is 9.51. The zero-order valence-corrected chi connectivity index (χ0v) is 8.53. The van der Waals surface area contributed by atoms with Crippen LogP contribution in [0.25, 0.3) is 5.82 Å². The van der Waals surface area contributed by atoms with E-state index in [-0.39, 0.29) is 18.3 Å². The lowest BCUT2D eigenvalue weighted by Crippen LogP contribution is -1.93. The number of rotatable bonds is 1. The van der Waals surface area contributed by atoms with Crippen LogP contribution >= 0.6 is 12.4 Å². The Hall–Kier alpha value is -1.48. The first-order valence-corrected chi connectivity index (χ1v) is 4.07. The Morgan fingerprint density at radius 1 is 1.36 bits per heavy atom. The monoisotopic (exact) mass is 210 g/mol. The van der Waals surface area contributed by atoms with E-state index < -0.39 is 0 Å². The van der Waals surface area contributed by atoms with Gasteiger partial charge in [-0.3, -0.25) is 4.57 Å². The lowest BCUT2D eigenvalue weighted by atomic mass is 10.4. The molecule has 2 rings (SSSR count). The van der Waals surface area contributed by atoms with E-state index in [1.165, 1.54) is 0 Å². The van der Waals surface area contributed by atoms with Crippen LogP contribution in [0.1, 0.15) is 5.56 Å². The highest BCUT2D eigenvalue weighted by molar-refractivity contribution is 5.85. The first kappa shape index (κ1) is 10.6. The normalized spacial score (nSPS) is 9.50. The molecule has 0 atom stereocenters. The van der Waals surface area contributed by atoms with Crippen molar-refractivity contribution in [2.24, 2.45) is 0 Å². The molecule has 0 aliphatic carbocycles. The van der Waals surface area contributed by atoms with Gasteiger partial charge >= 0.3 is 0 Å². The number of aromatic nitrogens is 2. The van der Waals surface area contributed by atoms with Crippen LogP contribution < -0.4 is 0 Å². The molecule has 2 aromatic heterocycles. The van der Waals surface area contributed by atoms with Gasteiger partial charge in [0.1, 0.15) is 5.82 Å². The second kappa shape index (κ2) is 4.15. The highest BCUT2D eigenvalue weighted by Crippen LogP contribution is 2.18. The summed E-state index contributed by atoms with van der Waals surface area (Å²) in [6.07, 6.45) is 3.54. The molecule has 0 aliphatic heterocycles. The van der Waals surface area contributed by atoms with Gasteiger partial charge in [-0.05, 0) is 24.6 Å². The van der Waals surface area contributed by atoms with Crippen molar-refractivity contribution >= 4 is 12.4 Å². The molecule has 0 unspecified atom stereocenters. The molecule has 0 saturated heterocycles. The van der Waals surface area contributed by atoms with Crippen LogP contribution in [0.15, 0.2) is 36.7 Å². The zero-order valence-electron chi connectivity index (χ0n) is 7.71. The Balaban J connectivity index is 0.000000980. The summed E-state index contributed by atoms with van der Waals surface area (Å²) in [6, 6.07) is 7.28. The van der Waals surface area contributed by atoms with Gasteiger partial charge in [-0.25, -0.2) is 4.98 Å². The van der Waals surface area contributed by atoms with Crippen LogP contribution in [0.3, 0.4) is 0 Å². The Bertz CT molecular complexity index is 411. The average molecular weight is 211 g/mol. The van der Waals surface area contributed by atoms with Crippen molar-refractivity contribution < 1.29 is 5.11 Å². The van der Waals surface area contributed by atoms with E-state index >= 15 is 0 Å². The summed E-state index contributed by atoms with van der Waals surface area (Å²) in [5.74, 6) is 0.948. The van der Waals surface area contributed by atoms with Gasteiger partial charge in [-0.15, -0.1) is 12.4 Å². The van der Waals surface area contributed by atoms with Gasteiger partial charge in [0.2, 0.25) is 0 Å². The number of pyridine rings is 1. The fourth-order valence-electron chi connectivity index (χ4n) is 1.26. The quantitative estimate of drug-likeness (QED) is 0.785. The molecule has 2 heterocycles. The van der Waals surface area contributed by atoms with Crippen LogP contribution in [0, 0.1) is 6.92 Å². The van der Waals surface area contributed by atoms with E-state index in [2.05, 4.69) is 4.98 Å². The minimum absolute atomic E-state index is 0. The van der Waals surface area contributed by atoms with Gasteiger partial charge in [0.05, 0.1) is 0 Å².